The molecule has 10 heteroatoms. The maximum Gasteiger partial charge on any atom is 0.407 e. The predicted molar refractivity (Wildman–Crippen MR) is 188 cm³/mol. The third-order valence-electron chi connectivity index (χ3n) is 9.84. The van der Waals surface area contributed by atoms with Crippen LogP contribution in [0.5, 0.6) is 0 Å². The Morgan fingerprint density at radius 3 is 2.32 bits per heavy atom. The molecule has 3 aromatic carbocycles. The number of nitrogens with zero attached hydrogens (tertiary/aromatic N) is 1. The van der Waals surface area contributed by atoms with Gasteiger partial charge in [-0.1, -0.05) is 84.9 Å². The van der Waals surface area contributed by atoms with Crippen molar-refractivity contribution in [2.45, 2.75) is 76.0 Å². The van der Waals surface area contributed by atoms with Gasteiger partial charge in [-0.15, -0.1) is 0 Å². The van der Waals surface area contributed by atoms with Gasteiger partial charge in [0.2, 0.25) is 11.8 Å². The SMILES string of the molecule is CC1(C)COC(=O)C(NC(=O)OCC2c3ccccc3-c3ccccc32)CCC=CCC(CC(=O)N2Cc3ccccc3CC2CO)C(=O)N1. The lowest BCUT2D eigenvalue weighted by atomic mass is 9.92. The number of carbonyl (C=O) groups is 4. The second-order valence-corrected chi connectivity index (χ2v) is 14.0. The van der Waals surface area contributed by atoms with E-state index in [1.54, 1.807) is 18.7 Å². The molecular formula is C40H45N3O7. The van der Waals surface area contributed by atoms with Gasteiger partial charge in [-0.3, -0.25) is 9.59 Å². The number of fused-ring (bicyclic) bond motifs is 4. The van der Waals surface area contributed by atoms with Crippen molar-refractivity contribution in [3.05, 3.63) is 107 Å². The Morgan fingerprint density at radius 2 is 1.62 bits per heavy atom. The van der Waals surface area contributed by atoms with Gasteiger partial charge in [0.25, 0.3) is 0 Å². The molecule has 2 heterocycles. The summed E-state index contributed by atoms with van der Waals surface area (Å²) < 4.78 is 11.3. The first kappa shape index (κ1) is 34.9. The summed E-state index contributed by atoms with van der Waals surface area (Å²) in [5.74, 6) is -1.93. The van der Waals surface area contributed by atoms with Gasteiger partial charge in [0.1, 0.15) is 19.3 Å². The Labute approximate surface area is 292 Å². The fraction of sp³-hybridized carbons (Fsp3) is 0.400. The molecule has 3 N–H and O–H groups in total. The smallest absolute Gasteiger partial charge is 0.407 e. The van der Waals surface area contributed by atoms with Crippen LogP contribution in [-0.2, 0) is 36.8 Å². The fourth-order valence-electron chi connectivity index (χ4n) is 7.15. The van der Waals surface area contributed by atoms with Crippen molar-refractivity contribution in [1.82, 2.24) is 15.5 Å². The second kappa shape index (κ2) is 15.3. The van der Waals surface area contributed by atoms with E-state index in [1.165, 1.54) is 0 Å². The van der Waals surface area contributed by atoms with Gasteiger partial charge < -0.3 is 30.1 Å². The van der Waals surface area contributed by atoms with Gasteiger partial charge >= 0.3 is 12.1 Å². The lowest BCUT2D eigenvalue weighted by molar-refractivity contribution is -0.149. The number of ether oxygens (including phenoxy) is 2. The van der Waals surface area contributed by atoms with E-state index in [0.717, 1.165) is 33.4 Å². The third kappa shape index (κ3) is 7.91. The highest BCUT2D eigenvalue weighted by atomic mass is 16.6. The van der Waals surface area contributed by atoms with E-state index in [9.17, 15) is 24.3 Å². The maximum absolute atomic E-state index is 13.6. The molecule has 0 saturated carbocycles. The van der Waals surface area contributed by atoms with Crippen LogP contribution in [0.25, 0.3) is 11.1 Å². The van der Waals surface area contributed by atoms with Crippen LogP contribution < -0.4 is 10.6 Å². The second-order valence-electron chi connectivity index (χ2n) is 14.0. The van der Waals surface area contributed by atoms with Crippen molar-refractivity contribution < 1.29 is 33.8 Å². The molecule has 3 amide bonds. The molecule has 1 aliphatic carbocycles. The van der Waals surface area contributed by atoms with Crippen LogP contribution in [0.1, 0.15) is 67.7 Å². The number of hydrogen-bond donors (Lipinski definition) is 3. The van der Waals surface area contributed by atoms with E-state index < -0.39 is 29.6 Å². The Kier molecular flexibility index (Phi) is 10.7. The van der Waals surface area contributed by atoms with Crippen LogP contribution in [0.2, 0.25) is 0 Å². The van der Waals surface area contributed by atoms with E-state index in [4.69, 9.17) is 9.47 Å². The largest absolute Gasteiger partial charge is 0.462 e. The Balaban J connectivity index is 1.09. The van der Waals surface area contributed by atoms with Gasteiger partial charge in [0, 0.05) is 18.9 Å². The van der Waals surface area contributed by atoms with Crippen molar-refractivity contribution in [2.75, 3.05) is 19.8 Å². The number of rotatable bonds is 6. The molecule has 0 saturated heterocycles. The molecule has 3 atom stereocenters. The van der Waals surface area contributed by atoms with E-state index in [0.29, 0.717) is 25.8 Å². The average Bonchev–Trinajstić information content (AvgIpc) is 3.44. The number of allylic oxidation sites excluding steroid dienone is 2. The van der Waals surface area contributed by atoms with Crippen molar-refractivity contribution >= 4 is 23.9 Å². The number of benzene rings is 3. The molecule has 50 heavy (non-hydrogen) atoms. The normalized spacial score (nSPS) is 22.0. The molecule has 3 aromatic rings. The number of aliphatic hydroxyl groups is 1. The lowest BCUT2D eigenvalue weighted by Crippen LogP contribution is -2.52. The van der Waals surface area contributed by atoms with Crippen molar-refractivity contribution in [2.24, 2.45) is 5.92 Å². The van der Waals surface area contributed by atoms with Gasteiger partial charge in [0.05, 0.1) is 24.1 Å². The van der Waals surface area contributed by atoms with Gasteiger partial charge in [-0.25, -0.2) is 9.59 Å². The number of carbonyl (C=O) groups excluding carboxylic acids is 4. The highest BCUT2D eigenvalue weighted by Gasteiger charge is 2.35. The predicted octanol–water partition coefficient (Wildman–Crippen LogP) is 5.02. The minimum Gasteiger partial charge on any atom is -0.462 e. The highest BCUT2D eigenvalue weighted by molar-refractivity contribution is 5.87. The zero-order chi connectivity index (χ0) is 35.3. The molecule has 2 aliphatic heterocycles. The standard InChI is InChI=1S/C40H45N3O7/c1-40(2)25-50-38(47)35(41-39(48)49-24-34-32-17-10-8-15-30(32)31-16-9-11-18-33(31)34)19-5-3-4-13-27(37(46)42-40)21-36(45)43-22-28-14-7-6-12-26(28)20-29(43)23-44/h3-4,6-12,14-18,27,29,34-35,44H,5,13,19-25H2,1-2H3,(H,41,48)(H,42,46). The van der Waals surface area contributed by atoms with Gasteiger partial charge in [0.15, 0.2) is 0 Å². The monoisotopic (exact) mass is 679 g/mol. The molecule has 0 bridgehead atoms. The van der Waals surface area contributed by atoms with Gasteiger partial charge in [-0.2, -0.15) is 0 Å². The molecule has 10 nitrogen and oxygen atoms in total. The molecule has 3 unspecified atom stereocenters. The number of aliphatic hydroxyl groups excluding tert-OH is 1. The average molecular weight is 680 g/mol. The van der Waals surface area contributed by atoms with E-state index in [2.05, 4.69) is 22.8 Å². The van der Waals surface area contributed by atoms with Crippen LogP contribution >= 0.6 is 0 Å². The van der Waals surface area contributed by atoms with Crippen LogP contribution in [0.3, 0.4) is 0 Å². The van der Waals surface area contributed by atoms with E-state index >= 15 is 0 Å². The third-order valence-corrected chi connectivity index (χ3v) is 9.84. The number of amides is 3. The Hall–Kier alpha value is -4.96. The highest BCUT2D eigenvalue weighted by Crippen LogP contribution is 2.44. The van der Waals surface area contributed by atoms with E-state index in [-0.39, 0.29) is 56.4 Å². The number of alkyl carbamates (subject to hydrolysis) is 1. The lowest BCUT2D eigenvalue weighted by Gasteiger charge is -2.37. The zero-order valence-corrected chi connectivity index (χ0v) is 28.6. The molecule has 0 spiro atoms. The molecule has 0 fully saturated rings. The summed E-state index contributed by atoms with van der Waals surface area (Å²) in [6, 6.07) is 22.7. The number of cyclic esters (lactones) is 1. The number of nitrogens with one attached hydrogen (secondary N) is 2. The molecule has 0 radical (unpaired) electrons. The van der Waals surface area contributed by atoms with Crippen LogP contribution in [-0.4, -0.2) is 71.3 Å². The molecule has 262 valence electrons. The minimum atomic E-state index is -0.961. The summed E-state index contributed by atoms with van der Waals surface area (Å²) in [5.41, 5.74) is 5.62. The molecule has 6 rings (SSSR count). The summed E-state index contributed by atoms with van der Waals surface area (Å²) in [6.07, 6.45) is 4.49. The van der Waals surface area contributed by atoms with E-state index in [1.807, 2.05) is 72.8 Å². The first-order chi connectivity index (χ1) is 24.1. The summed E-state index contributed by atoms with van der Waals surface area (Å²) in [6.45, 7) is 3.67. The number of esters is 1. The fourth-order valence-corrected chi connectivity index (χ4v) is 7.15. The van der Waals surface area contributed by atoms with Crippen LogP contribution in [0, 0.1) is 5.92 Å². The van der Waals surface area contributed by atoms with Crippen molar-refractivity contribution in [3.63, 3.8) is 0 Å². The van der Waals surface area contributed by atoms with Crippen molar-refractivity contribution in [3.8, 4) is 11.1 Å². The summed E-state index contributed by atoms with van der Waals surface area (Å²) in [5, 5.41) is 15.7. The number of hydrogen-bond acceptors (Lipinski definition) is 7. The first-order valence-corrected chi connectivity index (χ1v) is 17.4. The first-order valence-electron chi connectivity index (χ1n) is 17.4. The van der Waals surface area contributed by atoms with Crippen molar-refractivity contribution in [1.29, 1.82) is 0 Å². The summed E-state index contributed by atoms with van der Waals surface area (Å²) in [4.78, 5) is 55.1. The Bertz CT molecular complexity index is 1720. The van der Waals surface area contributed by atoms with Crippen LogP contribution in [0.15, 0.2) is 84.9 Å². The zero-order valence-electron chi connectivity index (χ0n) is 28.6. The maximum atomic E-state index is 13.6. The van der Waals surface area contributed by atoms with Crippen LogP contribution in [0.4, 0.5) is 4.79 Å². The Morgan fingerprint density at radius 1 is 0.960 bits per heavy atom. The molecular weight excluding hydrogens is 634 g/mol. The summed E-state index contributed by atoms with van der Waals surface area (Å²) in [7, 11) is 0. The summed E-state index contributed by atoms with van der Waals surface area (Å²) >= 11 is 0. The topological polar surface area (TPSA) is 134 Å². The minimum absolute atomic E-state index is 0.0311. The molecule has 0 aromatic heterocycles. The van der Waals surface area contributed by atoms with Gasteiger partial charge in [-0.05, 0) is 72.9 Å². The molecule has 3 aliphatic rings. The quantitative estimate of drug-likeness (QED) is 0.246.